The van der Waals surface area contributed by atoms with E-state index in [-0.39, 0.29) is 17.1 Å². The molecule has 1 aromatic carbocycles. The Morgan fingerprint density at radius 1 is 1.50 bits per heavy atom. The number of ether oxygens (including phenoxy) is 1. The highest BCUT2D eigenvalue weighted by atomic mass is 16.5. The molecule has 76 valence electrons. The van der Waals surface area contributed by atoms with Gasteiger partial charge in [-0.15, -0.1) is 0 Å². The molecule has 14 heavy (non-hydrogen) atoms. The lowest BCUT2D eigenvalue weighted by molar-refractivity contribution is 0.0689. The Hall–Kier alpha value is -1.71. The Morgan fingerprint density at radius 2 is 2.14 bits per heavy atom. The maximum atomic E-state index is 10.8. The normalized spacial score (nSPS) is 9.86. The molecule has 0 spiro atoms. The number of hydrogen-bond acceptors (Lipinski definition) is 3. The largest absolute Gasteiger partial charge is 0.507 e. The third kappa shape index (κ3) is 1.96. The van der Waals surface area contributed by atoms with E-state index in [1.165, 1.54) is 6.07 Å². The fourth-order valence-corrected chi connectivity index (χ4v) is 1.22. The molecule has 0 aliphatic heterocycles. The van der Waals surface area contributed by atoms with Crippen LogP contribution in [0.15, 0.2) is 12.1 Å². The van der Waals surface area contributed by atoms with E-state index < -0.39 is 5.97 Å². The van der Waals surface area contributed by atoms with Gasteiger partial charge >= 0.3 is 5.97 Å². The summed E-state index contributed by atoms with van der Waals surface area (Å²) in [6.45, 7) is 3.88. The maximum absolute atomic E-state index is 10.8. The quantitative estimate of drug-likeness (QED) is 0.773. The summed E-state index contributed by atoms with van der Waals surface area (Å²) in [6, 6.07) is 2.98. The summed E-state index contributed by atoms with van der Waals surface area (Å²) in [7, 11) is 0. The van der Waals surface area contributed by atoms with E-state index in [0.29, 0.717) is 6.61 Å². The number of rotatable bonds is 3. The molecule has 0 aromatic heterocycles. The van der Waals surface area contributed by atoms with Crippen LogP contribution in [-0.4, -0.2) is 22.8 Å². The van der Waals surface area contributed by atoms with Crippen LogP contribution < -0.4 is 4.74 Å². The zero-order valence-corrected chi connectivity index (χ0v) is 8.07. The van der Waals surface area contributed by atoms with Gasteiger partial charge in [-0.1, -0.05) is 0 Å². The molecule has 0 amide bonds. The smallest absolute Gasteiger partial charge is 0.343 e. The first kappa shape index (κ1) is 10.4. The van der Waals surface area contributed by atoms with Gasteiger partial charge in [0.15, 0.2) is 0 Å². The van der Waals surface area contributed by atoms with E-state index >= 15 is 0 Å². The minimum atomic E-state index is -1.19. The zero-order chi connectivity index (χ0) is 10.7. The van der Waals surface area contributed by atoms with E-state index in [9.17, 15) is 9.90 Å². The van der Waals surface area contributed by atoms with Gasteiger partial charge < -0.3 is 14.9 Å². The highest BCUT2D eigenvalue weighted by molar-refractivity contribution is 5.94. The Labute approximate surface area is 81.8 Å². The van der Waals surface area contributed by atoms with Crippen molar-refractivity contribution >= 4 is 5.97 Å². The standard InChI is InChI=1S/C10H12O4/c1-3-14-8-5-6(2)4-7(11)9(8)10(12)13/h4-5,11H,3H2,1-2H3,(H,12,13). The average Bonchev–Trinajstić information content (AvgIpc) is 2.01. The summed E-state index contributed by atoms with van der Waals surface area (Å²) >= 11 is 0. The molecule has 2 N–H and O–H groups in total. The van der Waals surface area contributed by atoms with Crippen molar-refractivity contribution in [3.63, 3.8) is 0 Å². The third-order valence-corrected chi connectivity index (χ3v) is 1.74. The van der Waals surface area contributed by atoms with Crippen LogP contribution >= 0.6 is 0 Å². The molecule has 0 radical (unpaired) electrons. The second kappa shape index (κ2) is 4.00. The van der Waals surface area contributed by atoms with Crippen LogP contribution in [0.2, 0.25) is 0 Å². The number of phenols is 1. The van der Waals surface area contributed by atoms with Gasteiger partial charge in [-0.05, 0) is 31.5 Å². The van der Waals surface area contributed by atoms with Crippen molar-refractivity contribution in [1.82, 2.24) is 0 Å². The molecule has 0 atom stereocenters. The maximum Gasteiger partial charge on any atom is 0.343 e. The summed E-state index contributed by atoms with van der Waals surface area (Å²) in [5.74, 6) is -1.25. The van der Waals surface area contributed by atoms with Gasteiger partial charge in [0, 0.05) is 0 Å². The van der Waals surface area contributed by atoms with Crippen molar-refractivity contribution in [3.05, 3.63) is 23.3 Å². The monoisotopic (exact) mass is 196 g/mol. The molecule has 0 aliphatic carbocycles. The number of carboxylic acids is 1. The van der Waals surface area contributed by atoms with Gasteiger partial charge in [0.1, 0.15) is 17.1 Å². The Morgan fingerprint density at radius 3 is 2.64 bits per heavy atom. The van der Waals surface area contributed by atoms with E-state index in [2.05, 4.69) is 0 Å². The molecule has 0 fully saturated rings. The van der Waals surface area contributed by atoms with E-state index in [1.54, 1.807) is 19.9 Å². The van der Waals surface area contributed by atoms with Crippen molar-refractivity contribution in [2.45, 2.75) is 13.8 Å². The fraction of sp³-hybridized carbons (Fsp3) is 0.300. The Balaban J connectivity index is 3.28. The Kier molecular flexibility index (Phi) is 2.96. The van der Waals surface area contributed by atoms with E-state index in [0.717, 1.165) is 5.56 Å². The first-order valence-corrected chi connectivity index (χ1v) is 4.26. The number of aryl methyl sites for hydroxylation is 1. The van der Waals surface area contributed by atoms with E-state index in [1.807, 2.05) is 0 Å². The summed E-state index contributed by atoms with van der Waals surface area (Å²) in [4.78, 5) is 10.8. The molecule has 1 aromatic rings. The van der Waals surface area contributed by atoms with Crippen molar-refractivity contribution in [3.8, 4) is 11.5 Å². The van der Waals surface area contributed by atoms with Crippen LogP contribution in [-0.2, 0) is 0 Å². The minimum absolute atomic E-state index is 0.183. The lowest BCUT2D eigenvalue weighted by Crippen LogP contribution is -2.03. The van der Waals surface area contributed by atoms with Crippen molar-refractivity contribution in [2.75, 3.05) is 6.61 Å². The van der Waals surface area contributed by atoms with Crippen LogP contribution in [0.3, 0.4) is 0 Å². The molecule has 0 aliphatic rings. The molecule has 0 heterocycles. The van der Waals surface area contributed by atoms with E-state index in [4.69, 9.17) is 9.84 Å². The van der Waals surface area contributed by atoms with Crippen LogP contribution in [0.4, 0.5) is 0 Å². The molecular weight excluding hydrogens is 184 g/mol. The van der Waals surface area contributed by atoms with Gasteiger partial charge in [0.2, 0.25) is 0 Å². The van der Waals surface area contributed by atoms with Crippen molar-refractivity contribution in [1.29, 1.82) is 0 Å². The van der Waals surface area contributed by atoms with Crippen LogP contribution in [0.1, 0.15) is 22.8 Å². The fourth-order valence-electron chi connectivity index (χ4n) is 1.22. The first-order chi connectivity index (χ1) is 6.56. The predicted molar refractivity (Wildman–Crippen MR) is 51.0 cm³/mol. The average molecular weight is 196 g/mol. The van der Waals surface area contributed by atoms with Gasteiger partial charge in [0.05, 0.1) is 6.61 Å². The lowest BCUT2D eigenvalue weighted by atomic mass is 10.1. The number of aromatic hydroxyl groups is 1. The molecule has 0 bridgehead atoms. The summed E-state index contributed by atoms with van der Waals surface area (Å²) < 4.78 is 5.12. The Bertz CT molecular complexity index is 357. The molecule has 4 heteroatoms. The highest BCUT2D eigenvalue weighted by Crippen LogP contribution is 2.29. The third-order valence-electron chi connectivity index (χ3n) is 1.74. The number of carbonyl (C=O) groups is 1. The summed E-state index contributed by atoms with van der Waals surface area (Å²) in [5.41, 5.74) is 0.577. The zero-order valence-electron chi connectivity index (χ0n) is 8.07. The number of carboxylic acid groups (broad SMARTS) is 1. The van der Waals surface area contributed by atoms with Crippen molar-refractivity contribution < 1.29 is 19.7 Å². The van der Waals surface area contributed by atoms with Crippen molar-refractivity contribution in [2.24, 2.45) is 0 Å². The first-order valence-electron chi connectivity index (χ1n) is 4.26. The highest BCUT2D eigenvalue weighted by Gasteiger charge is 2.16. The van der Waals surface area contributed by atoms with Gasteiger partial charge in [0.25, 0.3) is 0 Å². The molecule has 0 saturated carbocycles. The van der Waals surface area contributed by atoms with Gasteiger partial charge in [-0.3, -0.25) is 0 Å². The second-order valence-corrected chi connectivity index (χ2v) is 2.90. The van der Waals surface area contributed by atoms with Gasteiger partial charge in [-0.25, -0.2) is 4.79 Å². The van der Waals surface area contributed by atoms with Crippen LogP contribution in [0, 0.1) is 6.92 Å². The predicted octanol–water partition coefficient (Wildman–Crippen LogP) is 1.80. The molecule has 0 unspecified atom stereocenters. The molecule has 0 saturated heterocycles. The van der Waals surface area contributed by atoms with Crippen LogP contribution in [0.25, 0.3) is 0 Å². The minimum Gasteiger partial charge on any atom is -0.507 e. The van der Waals surface area contributed by atoms with Gasteiger partial charge in [-0.2, -0.15) is 0 Å². The summed E-state index contributed by atoms with van der Waals surface area (Å²) in [5, 5.41) is 18.2. The number of benzene rings is 1. The lowest BCUT2D eigenvalue weighted by Gasteiger charge is -2.09. The SMILES string of the molecule is CCOc1cc(C)cc(O)c1C(=O)O. The summed E-state index contributed by atoms with van der Waals surface area (Å²) in [6.07, 6.45) is 0. The number of aromatic carboxylic acids is 1. The molecule has 4 nitrogen and oxygen atoms in total. The van der Waals surface area contributed by atoms with Crippen LogP contribution in [0.5, 0.6) is 11.5 Å². The molecular formula is C10H12O4. The topological polar surface area (TPSA) is 66.8 Å². The molecule has 1 rings (SSSR count). The number of hydrogen-bond donors (Lipinski definition) is 2. The second-order valence-electron chi connectivity index (χ2n) is 2.90.